The van der Waals surface area contributed by atoms with E-state index >= 15 is 0 Å². The Morgan fingerprint density at radius 3 is 2.67 bits per heavy atom. The zero-order valence-corrected chi connectivity index (χ0v) is 8.74. The van der Waals surface area contributed by atoms with E-state index in [-0.39, 0.29) is 0 Å². The summed E-state index contributed by atoms with van der Waals surface area (Å²) in [5.74, 6) is 0.420. The average Bonchev–Trinajstić information content (AvgIpc) is 1.82. The molecule has 0 spiro atoms. The SMILES string of the molecule is CP(=O)(Cl)Oc1cccc(Cl)c1. The molecule has 0 fully saturated rings. The van der Waals surface area contributed by atoms with Crippen molar-refractivity contribution >= 4 is 29.6 Å². The maximum absolute atomic E-state index is 11.0. The van der Waals surface area contributed by atoms with Crippen molar-refractivity contribution in [1.82, 2.24) is 0 Å². The summed E-state index contributed by atoms with van der Waals surface area (Å²) in [4.78, 5) is 0. The third-order valence-corrected chi connectivity index (χ3v) is 2.04. The lowest BCUT2D eigenvalue weighted by molar-refractivity contribution is 0.504. The molecule has 1 aromatic carbocycles. The molecule has 2 nitrogen and oxygen atoms in total. The van der Waals surface area contributed by atoms with Crippen LogP contribution in [0.25, 0.3) is 0 Å². The maximum Gasteiger partial charge on any atom is 0.333 e. The van der Waals surface area contributed by atoms with E-state index < -0.39 is 6.72 Å². The Kier molecular flexibility index (Phi) is 3.05. The van der Waals surface area contributed by atoms with Crippen molar-refractivity contribution in [3.63, 3.8) is 0 Å². The molecule has 0 aliphatic carbocycles. The molecule has 1 unspecified atom stereocenters. The molecule has 0 radical (unpaired) electrons. The summed E-state index contributed by atoms with van der Waals surface area (Å²) in [6.45, 7) is -1.67. The Labute approximate surface area is 80.7 Å². The highest BCUT2D eigenvalue weighted by molar-refractivity contribution is 7.85. The predicted molar refractivity (Wildman–Crippen MR) is 51.5 cm³/mol. The Bertz CT molecular complexity index is 321. The van der Waals surface area contributed by atoms with E-state index in [0.29, 0.717) is 10.8 Å². The van der Waals surface area contributed by atoms with Crippen LogP contribution in [-0.2, 0) is 4.57 Å². The van der Waals surface area contributed by atoms with Gasteiger partial charge in [-0.1, -0.05) is 17.7 Å². The first-order valence-corrected chi connectivity index (χ1v) is 6.55. The Morgan fingerprint density at radius 1 is 1.50 bits per heavy atom. The fourth-order valence-electron chi connectivity index (χ4n) is 0.712. The summed E-state index contributed by atoms with van der Waals surface area (Å²) < 4.78 is 15.9. The molecule has 0 aromatic heterocycles. The number of rotatable bonds is 2. The molecule has 1 rings (SSSR count). The number of benzene rings is 1. The van der Waals surface area contributed by atoms with Crippen molar-refractivity contribution < 1.29 is 9.09 Å². The second-order valence-corrected chi connectivity index (χ2v) is 6.25. The quantitative estimate of drug-likeness (QED) is 0.715. The summed E-state index contributed by atoms with van der Waals surface area (Å²) in [5.41, 5.74) is 0. The van der Waals surface area contributed by atoms with Gasteiger partial charge in [-0.3, -0.25) is 4.57 Å². The van der Waals surface area contributed by atoms with Gasteiger partial charge in [0.2, 0.25) is 0 Å². The van der Waals surface area contributed by atoms with Crippen LogP contribution < -0.4 is 4.52 Å². The summed E-state index contributed by atoms with van der Waals surface area (Å²) in [5, 5.41) is 0.526. The molecular weight excluding hydrogens is 218 g/mol. The number of halogens is 2. The normalized spacial score (nSPS) is 15.2. The van der Waals surface area contributed by atoms with Gasteiger partial charge in [-0.25, -0.2) is 0 Å². The minimum Gasteiger partial charge on any atom is -0.433 e. The van der Waals surface area contributed by atoms with E-state index in [1.807, 2.05) is 0 Å². The second-order valence-electron chi connectivity index (χ2n) is 2.30. The molecule has 0 saturated carbocycles. The third-order valence-electron chi connectivity index (χ3n) is 1.06. The first-order valence-electron chi connectivity index (χ1n) is 3.20. The molecule has 66 valence electrons. The van der Waals surface area contributed by atoms with Crippen LogP contribution in [0.3, 0.4) is 0 Å². The largest absolute Gasteiger partial charge is 0.433 e. The van der Waals surface area contributed by atoms with Crippen LogP contribution in [0.1, 0.15) is 0 Å². The van der Waals surface area contributed by atoms with Gasteiger partial charge in [0.1, 0.15) is 5.75 Å². The van der Waals surface area contributed by atoms with E-state index in [1.54, 1.807) is 24.3 Å². The van der Waals surface area contributed by atoms with Gasteiger partial charge < -0.3 is 4.52 Å². The smallest absolute Gasteiger partial charge is 0.333 e. The fourth-order valence-corrected chi connectivity index (χ4v) is 1.62. The van der Waals surface area contributed by atoms with E-state index in [1.165, 1.54) is 6.66 Å². The van der Waals surface area contributed by atoms with Gasteiger partial charge >= 0.3 is 6.72 Å². The molecule has 12 heavy (non-hydrogen) atoms. The van der Waals surface area contributed by atoms with Gasteiger partial charge in [-0.2, -0.15) is 0 Å². The summed E-state index contributed by atoms with van der Waals surface area (Å²) in [6, 6.07) is 6.60. The predicted octanol–water partition coefficient (Wildman–Crippen LogP) is 3.78. The van der Waals surface area contributed by atoms with E-state index in [9.17, 15) is 4.57 Å². The van der Waals surface area contributed by atoms with Crippen LogP contribution in [0.15, 0.2) is 24.3 Å². The lowest BCUT2D eigenvalue weighted by Crippen LogP contribution is -1.83. The summed E-state index contributed by atoms with van der Waals surface area (Å²) >= 11 is 11.1. The number of hydrogen-bond acceptors (Lipinski definition) is 2. The standard InChI is InChI=1S/C7H7Cl2O2P/c1-12(9,10)11-7-4-2-3-6(8)5-7/h2-5H,1H3. The summed E-state index contributed by atoms with van der Waals surface area (Å²) in [7, 11) is 0. The van der Waals surface area contributed by atoms with Crippen molar-refractivity contribution in [3.8, 4) is 5.75 Å². The van der Waals surface area contributed by atoms with Crippen LogP contribution in [0, 0.1) is 0 Å². The first-order chi connectivity index (χ1) is 5.47. The molecule has 0 aliphatic rings. The molecule has 0 aliphatic heterocycles. The van der Waals surface area contributed by atoms with Crippen LogP contribution in [0.5, 0.6) is 5.75 Å². The molecular formula is C7H7Cl2O2P. The molecule has 0 saturated heterocycles. The zero-order chi connectivity index (χ0) is 9.19. The minimum atomic E-state index is -2.99. The zero-order valence-electron chi connectivity index (χ0n) is 6.33. The van der Waals surface area contributed by atoms with Gasteiger partial charge in [0.15, 0.2) is 0 Å². The number of hydrogen-bond donors (Lipinski definition) is 0. The average molecular weight is 225 g/mol. The van der Waals surface area contributed by atoms with Gasteiger partial charge in [-0.15, -0.1) is 0 Å². The van der Waals surface area contributed by atoms with Gasteiger partial charge in [0, 0.05) is 11.7 Å². The third kappa shape index (κ3) is 3.48. The molecule has 0 heterocycles. The van der Waals surface area contributed by atoms with Crippen LogP contribution in [0.4, 0.5) is 0 Å². The van der Waals surface area contributed by atoms with Crippen LogP contribution >= 0.6 is 29.6 Å². The highest BCUT2D eigenvalue weighted by Crippen LogP contribution is 2.48. The topological polar surface area (TPSA) is 26.3 Å². The van der Waals surface area contributed by atoms with Crippen LogP contribution in [0.2, 0.25) is 5.02 Å². The lowest BCUT2D eigenvalue weighted by Gasteiger charge is -2.07. The lowest BCUT2D eigenvalue weighted by atomic mass is 10.3. The van der Waals surface area contributed by atoms with Crippen molar-refractivity contribution in [2.24, 2.45) is 0 Å². The van der Waals surface area contributed by atoms with E-state index in [2.05, 4.69) is 0 Å². The van der Waals surface area contributed by atoms with Gasteiger partial charge in [0.25, 0.3) is 0 Å². The van der Waals surface area contributed by atoms with Gasteiger partial charge in [0.05, 0.1) is 0 Å². The van der Waals surface area contributed by atoms with Crippen molar-refractivity contribution in [2.45, 2.75) is 0 Å². The Balaban J connectivity index is 2.84. The molecule has 5 heteroatoms. The van der Waals surface area contributed by atoms with Crippen molar-refractivity contribution in [1.29, 1.82) is 0 Å². The minimum absolute atomic E-state index is 0.420. The highest BCUT2D eigenvalue weighted by atomic mass is 35.7. The Hall–Kier alpha value is -0.170. The first kappa shape index (κ1) is 9.91. The molecule has 1 aromatic rings. The highest BCUT2D eigenvalue weighted by Gasteiger charge is 2.11. The fraction of sp³-hybridized carbons (Fsp3) is 0.143. The van der Waals surface area contributed by atoms with Gasteiger partial charge in [-0.05, 0) is 29.4 Å². The maximum atomic E-state index is 11.0. The van der Waals surface area contributed by atoms with Crippen molar-refractivity contribution in [2.75, 3.05) is 6.66 Å². The molecule has 0 N–H and O–H groups in total. The van der Waals surface area contributed by atoms with E-state index in [4.69, 9.17) is 27.4 Å². The summed E-state index contributed by atoms with van der Waals surface area (Å²) in [6.07, 6.45) is 0. The molecule has 0 amide bonds. The molecule has 0 bridgehead atoms. The Morgan fingerprint density at radius 2 is 2.17 bits per heavy atom. The van der Waals surface area contributed by atoms with Crippen LogP contribution in [-0.4, -0.2) is 6.66 Å². The molecule has 1 atom stereocenters. The van der Waals surface area contributed by atoms with E-state index in [0.717, 1.165) is 0 Å². The second kappa shape index (κ2) is 3.69. The van der Waals surface area contributed by atoms with Crippen molar-refractivity contribution in [3.05, 3.63) is 29.3 Å². The monoisotopic (exact) mass is 224 g/mol.